The van der Waals surface area contributed by atoms with Crippen molar-refractivity contribution < 1.29 is 73.3 Å². The first-order valence-electron chi connectivity index (χ1n) is 24.2. The van der Waals surface area contributed by atoms with Crippen LogP contribution in [0.2, 0.25) is 0 Å². The fourth-order valence-electron chi connectivity index (χ4n) is 8.03. The second-order valence-corrected chi connectivity index (χ2v) is 20.5. The Balaban J connectivity index is 0.000000223. The Morgan fingerprint density at radius 3 is 0.886 bits per heavy atom. The van der Waals surface area contributed by atoms with Crippen LogP contribution < -0.4 is 24.8 Å². The van der Waals surface area contributed by atoms with E-state index in [0.717, 1.165) is 12.8 Å². The van der Waals surface area contributed by atoms with Crippen molar-refractivity contribution in [1.29, 1.82) is 0 Å². The summed E-state index contributed by atoms with van der Waals surface area (Å²) in [7, 11) is 0. The third-order valence-corrected chi connectivity index (χ3v) is 14.4. The Kier molecular flexibility index (Phi) is 27.8. The summed E-state index contributed by atoms with van der Waals surface area (Å²) in [5, 5.41) is 5.32. The number of hydrogen-bond donors (Lipinski definition) is 0. The first kappa shape index (κ1) is 59.9. The molecule has 0 unspecified atom stereocenters. The zero-order valence-corrected chi connectivity index (χ0v) is 48.7. The van der Waals surface area contributed by atoms with E-state index in [4.69, 9.17) is 0 Å². The standard InChI is InChI=1S/2C13H10.2C11H17.2C9H7.2ClH.2Zr/c2*1-3-7-12(8-4-1)11-13-9-5-2-6-10-13;2*1-8(2)10-6-5-7-11(10)9(3)4;2*1-2-5-9-7-3-6-8(9)4-1;;;;/h2*1-10H;2*6,8-9H,5H2,1-4H3;2*1-7H;2*1H;;/q;;4*-1;;;2*+2/p-2. The van der Waals surface area contributed by atoms with Gasteiger partial charge in [0.1, 0.15) is 0 Å². The first-order valence-corrected chi connectivity index (χ1v) is 26.6. The Morgan fingerprint density at radius 2 is 0.643 bits per heavy atom. The van der Waals surface area contributed by atoms with E-state index in [2.05, 4.69) is 286 Å². The zero-order valence-electron chi connectivity index (χ0n) is 42.3. The number of rotatable bonds is 8. The van der Waals surface area contributed by atoms with Gasteiger partial charge in [0.15, 0.2) is 0 Å². The summed E-state index contributed by atoms with van der Waals surface area (Å²) in [5.41, 5.74) is 11.2. The molecule has 10 rings (SSSR count). The van der Waals surface area contributed by atoms with Gasteiger partial charge in [-0.05, 0) is 0 Å². The van der Waals surface area contributed by atoms with Crippen LogP contribution >= 0.6 is 0 Å². The molecule has 8 aromatic carbocycles. The molecular formula is C66H68Cl2Zr2-2. The number of halogens is 2. The van der Waals surface area contributed by atoms with Crippen molar-refractivity contribution in [3.05, 3.63) is 275 Å². The quantitative estimate of drug-likeness (QED) is 0.133. The van der Waals surface area contributed by atoms with Gasteiger partial charge >= 0.3 is 198 Å². The van der Waals surface area contributed by atoms with Crippen LogP contribution in [0.5, 0.6) is 0 Å². The van der Waals surface area contributed by atoms with Gasteiger partial charge in [-0.25, -0.2) is 11.1 Å². The summed E-state index contributed by atoms with van der Waals surface area (Å²) in [4.78, 5) is 0. The van der Waals surface area contributed by atoms with Gasteiger partial charge in [0.2, 0.25) is 0 Å². The van der Waals surface area contributed by atoms with Gasteiger partial charge in [-0.3, -0.25) is 12.2 Å². The molecular weight excluding hydrogens is 1050 g/mol. The summed E-state index contributed by atoms with van der Waals surface area (Å²) in [5.74, 6) is 2.63. The maximum absolute atomic E-state index is 3.41. The van der Waals surface area contributed by atoms with Gasteiger partial charge in [0, 0.05) is 0 Å². The SMILES string of the molecule is CC(C)C1=[C-]CC=C1C(C)C.CC(C)C1=[C-]CC=C1C(C)C.[Cl-].[Cl-].[Zr+2]=[C](c1ccccc1)c1ccccc1.[Zr+2]=[C](c1ccccc1)c1ccccc1.c1ccc2[cH-]ccc2c1.c1ccc2[cH-]ccc2c1. The van der Waals surface area contributed by atoms with E-state index in [-0.39, 0.29) is 24.8 Å². The minimum Gasteiger partial charge on any atom is -0.168 e. The van der Waals surface area contributed by atoms with Crippen molar-refractivity contribution in [2.24, 2.45) is 23.7 Å². The Bertz CT molecular complexity index is 2470. The Labute approximate surface area is 464 Å². The molecule has 0 atom stereocenters. The molecule has 0 saturated heterocycles. The van der Waals surface area contributed by atoms with Crippen molar-refractivity contribution in [2.75, 3.05) is 0 Å². The molecule has 356 valence electrons. The Morgan fingerprint density at radius 1 is 0.371 bits per heavy atom. The fourth-order valence-corrected chi connectivity index (χ4v) is 9.67. The minimum atomic E-state index is 0. The molecule has 8 aromatic rings. The van der Waals surface area contributed by atoms with E-state index in [0.29, 0.717) is 23.7 Å². The molecule has 0 N–H and O–H groups in total. The van der Waals surface area contributed by atoms with E-state index in [1.54, 1.807) is 0 Å². The van der Waals surface area contributed by atoms with Crippen molar-refractivity contribution >= 4 is 28.0 Å². The predicted octanol–water partition coefficient (Wildman–Crippen LogP) is 11.4. The topological polar surface area (TPSA) is 0 Å². The minimum absolute atomic E-state index is 0. The normalized spacial score (nSPS) is 12.1. The van der Waals surface area contributed by atoms with Gasteiger partial charge in [-0.1, -0.05) is 91.2 Å². The van der Waals surface area contributed by atoms with Crippen molar-refractivity contribution in [3.8, 4) is 0 Å². The van der Waals surface area contributed by atoms with Crippen molar-refractivity contribution in [2.45, 2.75) is 68.2 Å². The van der Waals surface area contributed by atoms with E-state index >= 15 is 0 Å². The van der Waals surface area contributed by atoms with Crippen LogP contribution in [0.25, 0.3) is 21.5 Å². The molecule has 0 aliphatic heterocycles. The van der Waals surface area contributed by atoms with E-state index < -0.39 is 0 Å². The second-order valence-electron chi connectivity index (χ2n) is 18.1. The van der Waals surface area contributed by atoms with Gasteiger partial charge in [-0.15, -0.1) is 72.1 Å². The zero-order chi connectivity index (χ0) is 48.7. The number of fused-ring (bicyclic) bond motifs is 2. The van der Waals surface area contributed by atoms with Crippen LogP contribution in [-0.2, 0) is 48.5 Å². The van der Waals surface area contributed by atoms with Crippen LogP contribution in [0.1, 0.15) is 90.5 Å². The van der Waals surface area contributed by atoms with Crippen LogP contribution in [0.3, 0.4) is 0 Å². The Hall–Kier alpha value is -4.41. The summed E-state index contributed by atoms with van der Waals surface area (Å²) in [6.07, 6.45) is 13.5. The van der Waals surface area contributed by atoms with E-state index in [1.165, 1.54) is 121 Å². The van der Waals surface area contributed by atoms with Gasteiger partial charge < -0.3 is 24.8 Å². The molecule has 0 bridgehead atoms. The largest absolute Gasteiger partial charge is 0.168 e. The number of benzene rings is 6. The average molecular weight is 1110 g/mol. The van der Waals surface area contributed by atoms with Crippen LogP contribution in [-0.4, -0.2) is 6.41 Å². The molecule has 4 heteroatoms. The van der Waals surface area contributed by atoms with Crippen molar-refractivity contribution in [3.63, 3.8) is 0 Å². The van der Waals surface area contributed by atoms with Gasteiger partial charge in [0.25, 0.3) is 0 Å². The molecule has 0 nitrogen and oxygen atoms in total. The molecule has 0 saturated carbocycles. The van der Waals surface area contributed by atoms with Crippen LogP contribution in [0, 0.1) is 35.8 Å². The summed E-state index contributed by atoms with van der Waals surface area (Å²) in [6, 6.07) is 71.6. The fraction of sp³-hybridized carbons (Fsp3) is 0.212. The maximum Gasteiger partial charge on any atom is -0.0809 e. The summed E-state index contributed by atoms with van der Waals surface area (Å²) >= 11 is 2.92. The summed E-state index contributed by atoms with van der Waals surface area (Å²) < 4.78 is 2.83. The molecule has 0 spiro atoms. The number of allylic oxidation sites excluding steroid dienone is 8. The van der Waals surface area contributed by atoms with E-state index in [9.17, 15) is 0 Å². The third kappa shape index (κ3) is 19.3. The molecule has 0 heterocycles. The maximum atomic E-state index is 3.41. The average Bonchev–Trinajstić information content (AvgIpc) is 4.24. The number of hydrogen-bond acceptors (Lipinski definition) is 0. The van der Waals surface area contributed by atoms with E-state index in [1.807, 2.05) is 0 Å². The predicted molar refractivity (Wildman–Crippen MR) is 290 cm³/mol. The van der Waals surface area contributed by atoms with Crippen LogP contribution in [0.15, 0.2) is 241 Å². The first-order chi connectivity index (χ1) is 32.9. The molecule has 0 aromatic heterocycles. The molecule has 70 heavy (non-hydrogen) atoms. The van der Waals surface area contributed by atoms with Gasteiger partial charge in [-0.2, -0.15) is 58.3 Å². The molecule has 0 radical (unpaired) electrons. The molecule has 2 aliphatic carbocycles. The monoisotopic (exact) mass is 1110 g/mol. The second kappa shape index (κ2) is 32.5. The molecule has 0 fully saturated rings. The third-order valence-electron chi connectivity index (χ3n) is 11.6. The molecule has 0 amide bonds. The molecule has 2 aliphatic rings. The van der Waals surface area contributed by atoms with Gasteiger partial charge in [0.05, 0.1) is 0 Å². The van der Waals surface area contributed by atoms with Crippen molar-refractivity contribution in [1.82, 2.24) is 0 Å². The smallest absolute Gasteiger partial charge is 0.0809 e. The van der Waals surface area contributed by atoms with Crippen LogP contribution in [0.4, 0.5) is 0 Å². The summed E-state index contributed by atoms with van der Waals surface area (Å²) in [6.45, 7) is 18.0.